The molecule has 4 heteroatoms. The normalized spacial score (nSPS) is 11.2. The summed E-state index contributed by atoms with van der Waals surface area (Å²) in [6.45, 7) is 4.86. The summed E-state index contributed by atoms with van der Waals surface area (Å²) >= 11 is 1.49. The summed E-state index contributed by atoms with van der Waals surface area (Å²) in [5.74, 6) is 0.872. The SMILES string of the molecule is CCCCCOc1ccc(/C=C(/C#N)c2nc(C)cs2)cc1. The summed E-state index contributed by atoms with van der Waals surface area (Å²) in [4.78, 5) is 4.36. The number of ether oxygens (including phenoxy) is 1. The Hall–Kier alpha value is -2.12. The van der Waals surface area contributed by atoms with Gasteiger partial charge in [-0.3, -0.25) is 0 Å². The van der Waals surface area contributed by atoms with Gasteiger partial charge in [-0.25, -0.2) is 4.98 Å². The summed E-state index contributed by atoms with van der Waals surface area (Å²) < 4.78 is 5.69. The smallest absolute Gasteiger partial charge is 0.134 e. The number of thiazole rings is 1. The van der Waals surface area contributed by atoms with Crippen molar-refractivity contribution in [2.24, 2.45) is 0 Å². The molecule has 0 saturated carbocycles. The van der Waals surface area contributed by atoms with Crippen LogP contribution in [0.4, 0.5) is 0 Å². The number of hydrogen-bond donors (Lipinski definition) is 0. The molecular formula is C18H20N2OS. The number of rotatable bonds is 7. The second-order valence-corrected chi connectivity index (χ2v) is 5.95. The van der Waals surface area contributed by atoms with Crippen molar-refractivity contribution in [3.05, 3.63) is 45.9 Å². The van der Waals surface area contributed by atoms with E-state index in [4.69, 9.17) is 4.74 Å². The van der Waals surface area contributed by atoms with Gasteiger partial charge in [-0.15, -0.1) is 11.3 Å². The van der Waals surface area contributed by atoms with Gasteiger partial charge >= 0.3 is 0 Å². The Labute approximate surface area is 135 Å². The zero-order chi connectivity index (χ0) is 15.8. The molecule has 3 nitrogen and oxygen atoms in total. The Balaban J connectivity index is 2.03. The highest BCUT2D eigenvalue weighted by atomic mass is 32.1. The molecule has 1 aromatic carbocycles. The molecule has 0 unspecified atom stereocenters. The second kappa shape index (κ2) is 8.35. The van der Waals surface area contributed by atoms with E-state index in [-0.39, 0.29) is 0 Å². The number of nitriles is 1. The van der Waals surface area contributed by atoms with Crippen molar-refractivity contribution in [1.29, 1.82) is 5.26 Å². The zero-order valence-corrected chi connectivity index (χ0v) is 13.8. The highest BCUT2D eigenvalue weighted by Gasteiger charge is 2.05. The third-order valence-electron chi connectivity index (χ3n) is 3.18. The minimum atomic E-state index is 0.592. The molecule has 0 aliphatic heterocycles. The molecule has 2 rings (SSSR count). The van der Waals surface area contributed by atoms with Crippen molar-refractivity contribution in [3.63, 3.8) is 0 Å². The first-order chi connectivity index (χ1) is 10.7. The topological polar surface area (TPSA) is 45.9 Å². The van der Waals surface area contributed by atoms with Gasteiger partial charge in [0.2, 0.25) is 0 Å². The number of allylic oxidation sites excluding steroid dienone is 1. The highest BCUT2D eigenvalue weighted by Crippen LogP contribution is 2.22. The number of nitrogens with zero attached hydrogens (tertiary/aromatic N) is 2. The van der Waals surface area contributed by atoms with E-state index >= 15 is 0 Å². The van der Waals surface area contributed by atoms with E-state index in [1.165, 1.54) is 24.2 Å². The molecule has 0 spiro atoms. The fraction of sp³-hybridized carbons (Fsp3) is 0.333. The van der Waals surface area contributed by atoms with Crippen LogP contribution in [0, 0.1) is 18.3 Å². The van der Waals surface area contributed by atoms with Crippen molar-refractivity contribution < 1.29 is 4.74 Å². The van der Waals surface area contributed by atoms with Crippen LogP contribution in [0.1, 0.15) is 42.5 Å². The first kappa shape index (κ1) is 16.3. The van der Waals surface area contributed by atoms with Gasteiger partial charge in [0.1, 0.15) is 16.8 Å². The lowest BCUT2D eigenvalue weighted by Gasteiger charge is -2.05. The number of aryl methyl sites for hydroxylation is 1. The molecule has 0 N–H and O–H groups in total. The Morgan fingerprint density at radius 1 is 1.32 bits per heavy atom. The molecule has 0 aliphatic rings. The maximum Gasteiger partial charge on any atom is 0.134 e. The van der Waals surface area contributed by atoms with Gasteiger partial charge in [-0.05, 0) is 37.1 Å². The predicted molar refractivity (Wildman–Crippen MR) is 91.8 cm³/mol. The van der Waals surface area contributed by atoms with E-state index < -0.39 is 0 Å². The van der Waals surface area contributed by atoms with Crippen LogP contribution < -0.4 is 4.74 Å². The average Bonchev–Trinajstić information content (AvgIpc) is 2.97. The largest absolute Gasteiger partial charge is 0.494 e. The quantitative estimate of drug-likeness (QED) is 0.529. The Morgan fingerprint density at radius 3 is 2.68 bits per heavy atom. The van der Waals surface area contributed by atoms with Crippen LogP contribution in [0.2, 0.25) is 0 Å². The fourth-order valence-electron chi connectivity index (χ4n) is 1.99. The van der Waals surface area contributed by atoms with Gasteiger partial charge in [-0.2, -0.15) is 5.26 Å². The first-order valence-corrected chi connectivity index (χ1v) is 8.38. The standard InChI is InChI=1S/C18H20N2OS/c1-3-4-5-10-21-17-8-6-15(7-9-17)11-16(12-19)18-20-14(2)13-22-18/h6-9,11,13H,3-5,10H2,1-2H3/b16-11-. The highest BCUT2D eigenvalue weighted by molar-refractivity contribution is 7.11. The number of benzene rings is 1. The van der Waals surface area contributed by atoms with Gasteiger partial charge in [0.15, 0.2) is 0 Å². The van der Waals surface area contributed by atoms with Crippen molar-refractivity contribution in [1.82, 2.24) is 4.98 Å². The van der Waals surface area contributed by atoms with Gasteiger partial charge < -0.3 is 4.74 Å². The van der Waals surface area contributed by atoms with Crippen LogP contribution in [-0.2, 0) is 0 Å². The average molecular weight is 312 g/mol. The van der Waals surface area contributed by atoms with Crippen LogP contribution in [0.5, 0.6) is 5.75 Å². The lowest BCUT2D eigenvalue weighted by Crippen LogP contribution is -1.96. The summed E-state index contributed by atoms with van der Waals surface area (Å²) in [5, 5.41) is 12.0. The summed E-state index contributed by atoms with van der Waals surface area (Å²) in [5.41, 5.74) is 2.51. The summed E-state index contributed by atoms with van der Waals surface area (Å²) in [7, 11) is 0. The number of hydrogen-bond acceptors (Lipinski definition) is 4. The molecule has 0 bridgehead atoms. The lowest BCUT2D eigenvalue weighted by molar-refractivity contribution is 0.306. The molecule has 114 valence electrons. The molecule has 0 fully saturated rings. The van der Waals surface area contributed by atoms with Crippen molar-refractivity contribution >= 4 is 23.0 Å². The van der Waals surface area contributed by atoms with Crippen LogP contribution in [0.25, 0.3) is 11.6 Å². The van der Waals surface area contributed by atoms with Crippen LogP contribution in [-0.4, -0.2) is 11.6 Å². The minimum absolute atomic E-state index is 0.592. The Morgan fingerprint density at radius 2 is 2.09 bits per heavy atom. The van der Waals surface area contributed by atoms with E-state index in [1.54, 1.807) is 0 Å². The molecule has 0 saturated heterocycles. The van der Waals surface area contributed by atoms with Crippen molar-refractivity contribution in [3.8, 4) is 11.8 Å². The third kappa shape index (κ3) is 4.71. The van der Waals surface area contributed by atoms with E-state index in [1.807, 2.05) is 42.6 Å². The number of unbranched alkanes of at least 4 members (excludes halogenated alkanes) is 2. The van der Waals surface area contributed by atoms with E-state index in [9.17, 15) is 5.26 Å². The molecule has 0 atom stereocenters. The van der Waals surface area contributed by atoms with Gasteiger partial charge in [-0.1, -0.05) is 31.9 Å². The maximum atomic E-state index is 9.29. The molecule has 1 aromatic heterocycles. The molecule has 1 heterocycles. The molecule has 0 aliphatic carbocycles. The molecule has 0 radical (unpaired) electrons. The minimum Gasteiger partial charge on any atom is -0.494 e. The zero-order valence-electron chi connectivity index (χ0n) is 13.0. The fourth-order valence-corrected chi connectivity index (χ4v) is 2.75. The summed E-state index contributed by atoms with van der Waals surface area (Å²) in [6.07, 6.45) is 5.33. The lowest BCUT2D eigenvalue weighted by atomic mass is 10.1. The molecular weight excluding hydrogens is 292 g/mol. The molecule has 2 aromatic rings. The monoisotopic (exact) mass is 312 g/mol. The van der Waals surface area contributed by atoms with Crippen LogP contribution in [0.3, 0.4) is 0 Å². The van der Waals surface area contributed by atoms with E-state index in [0.717, 1.165) is 35.0 Å². The van der Waals surface area contributed by atoms with Crippen molar-refractivity contribution in [2.75, 3.05) is 6.61 Å². The van der Waals surface area contributed by atoms with Gasteiger partial charge in [0.05, 0.1) is 12.2 Å². The van der Waals surface area contributed by atoms with E-state index in [0.29, 0.717) is 5.57 Å². The summed E-state index contributed by atoms with van der Waals surface area (Å²) in [6, 6.07) is 10.0. The first-order valence-electron chi connectivity index (χ1n) is 7.50. The Kier molecular flexibility index (Phi) is 6.17. The van der Waals surface area contributed by atoms with Crippen molar-refractivity contribution in [2.45, 2.75) is 33.1 Å². The van der Waals surface area contributed by atoms with E-state index in [2.05, 4.69) is 18.0 Å². The maximum absolute atomic E-state index is 9.29. The second-order valence-electron chi connectivity index (χ2n) is 5.09. The molecule has 0 amide bonds. The Bertz CT molecular complexity index is 665. The van der Waals surface area contributed by atoms with Gasteiger partial charge in [0.25, 0.3) is 0 Å². The predicted octanol–water partition coefficient (Wildman–Crippen LogP) is 5.08. The van der Waals surface area contributed by atoms with Crippen LogP contribution in [0.15, 0.2) is 29.6 Å². The van der Waals surface area contributed by atoms with Gasteiger partial charge in [0, 0.05) is 11.1 Å². The molecule has 22 heavy (non-hydrogen) atoms. The number of aromatic nitrogens is 1. The van der Waals surface area contributed by atoms with Crippen LogP contribution >= 0.6 is 11.3 Å². The third-order valence-corrected chi connectivity index (χ3v) is 4.17.